The zero-order chi connectivity index (χ0) is 22.7. The largest absolute Gasteiger partial charge is 1.00 e. The van der Waals surface area contributed by atoms with Crippen LogP contribution in [-0.2, 0) is 26.2 Å². The summed E-state index contributed by atoms with van der Waals surface area (Å²) in [6.45, 7) is 3.26. The van der Waals surface area contributed by atoms with Crippen LogP contribution in [0.25, 0.3) is 0 Å². The zero-order valence-corrected chi connectivity index (χ0v) is 22.1. The second-order valence-corrected chi connectivity index (χ2v) is 11.2. The molecule has 6 nitrogen and oxygen atoms in total. The molecule has 2 aromatic rings. The van der Waals surface area contributed by atoms with Crippen molar-refractivity contribution in [1.82, 2.24) is 9.97 Å². The predicted molar refractivity (Wildman–Crippen MR) is 127 cm³/mol. The van der Waals surface area contributed by atoms with Gasteiger partial charge in [-0.05, 0) is 24.3 Å². The number of Topliss-reactive ketones (excluding diaryl/α,β-unsaturated/α-hetero) is 1. The first-order valence-electron chi connectivity index (χ1n) is 12.5. The SMILES string of the molecule is O=C(Cc1cnccn1)C[N+]12CCC(CC1)[C@@H](OC(=O)C1(c3cccs3)CCCCCC1)C2.[Br-]. The summed E-state index contributed by atoms with van der Waals surface area (Å²) in [4.78, 5) is 36.2. The van der Waals surface area contributed by atoms with E-state index in [4.69, 9.17) is 4.74 Å². The summed E-state index contributed by atoms with van der Waals surface area (Å²) < 4.78 is 7.14. The van der Waals surface area contributed by atoms with Crippen LogP contribution in [0.1, 0.15) is 61.9 Å². The van der Waals surface area contributed by atoms with Crippen molar-refractivity contribution < 1.29 is 35.8 Å². The molecule has 184 valence electrons. The summed E-state index contributed by atoms with van der Waals surface area (Å²) in [5.41, 5.74) is 0.241. The molecule has 4 fully saturated rings. The molecule has 0 unspecified atom stereocenters. The lowest BCUT2D eigenvalue weighted by Crippen LogP contribution is -3.00. The maximum Gasteiger partial charge on any atom is 0.317 e. The molecule has 1 atom stereocenters. The minimum absolute atomic E-state index is 0. The summed E-state index contributed by atoms with van der Waals surface area (Å²) in [7, 11) is 0. The number of carbonyl (C=O) groups is 2. The lowest BCUT2D eigenvalue weighted by molar-refractivity contribution is -0.939. The first kappa shape index (κ1) is 25.5. The van der Waals surface area contributed by atoms with Gasteiger partial charge in [0.05, 0.1) is 25.2 Å². The molecule has 34 heavy (non-hydrogen) atoms. The van der Waals surface area contributed by atoms with Crippen molar-refractivity contribution in [3.63, 3.8) is 0 Å². The van der Waals surface area contributed by atoms with Crippen LogP contribution < -0.4 is 17.0 Å². The monoisotopic (exact) mass is 547 g/mol. The van der Waals surface area contributed by atoms with E-state index < -0.39 is 5.41 Å². The summed E-state index contributed by atoms with van der Waals surface area (Å²) in [5.74, 6) is 0.601. The van der Waals surface area contributed by atoms with Crippen molar-refractivity contribution in [3.05, 3.63) is 46.7 Å². The Kier molecular flexibility index (Phi) is 8.20. The molecular weight excluding hydrogens is 514 g/mol. The van der Waals surface area contributed by atoms with Gasteiger partial charge in [-0.2, -0.15) is 0 Å². The lowest BCUT2D eigenvalue weighted by atomic mass is 9.78. The highest BCUT2D eigenvalue weighted by atomic mass is 79.9. The standard InChI is InChI=1S/C26H34N3O3S.BrH/c30-22(16-21-17-27-11-12-28-21)18-29-13-7-20(8-14-29)23(19-29)32-25(31)26(24-6-5-15-33-24)9-3-1-2-4-10-26;/h5-6,11-12,15,17,20,23H,1-4,7-10,13-14,16,18-19H2;1H/q+1;/p-1/t20?,23-,29?;/m0./s1. The predicted octanol–water partition coefficient (Wildman–Crippen LogP) is 1.10. The number of carbonyl (C=O) groups excluding carboxylic acids is 2. The topological polar surface area (TPSA) is 69.2 Å². The van der Waals surface area contributed by atoms with Gasteiger partial charge in [-0.3, -0.25) is 19.6 Å². The first-order chi connectivity index (χ1) is 16.1. The summed E-state index contributed by atoms with van der Waals surface area (Å²) in [6.07, 6.45) is 13.6. The second-order valence-electron chi connectivity index (χ2n) is 10.3. The first-order valence-corrected chi connectivity index (χ1v) is 13.3. The number of nitrogens with zero attached hydrogens (tertiary/aromatic N) is 3. The normalized spacial score (nSPS) is 27.9. The quantitative estimate of drug-likeness (QED) is 0.295. The minimum atomic E-state index is -0.483. The van der Waals surface area contributed by atoms with E-state index in [0.29, 0.717) is 18.9 Å². The molecule has 0 spiro atoms. The molecule has 0 N–H and O–H groups in total. The van der Waals surface area contributed by atoms with E-state index in [1.165, 1.54) is 17.7 Å². The van der Waals surface area contributed by atoms with Crippen molar-refractivity contribution in [1.29, 1.82) is 0 Å². The number of ether oxygens (including phenoxy) is 1. The van der Waals surface area contributed by atoms with Gasteiger partial charge in [0.1, 0.15) is 18.5 Å². The van der Waals surface area contributed by atoms with E-state index in [0.717, 1.165) is 68.3 Å². The third-order valence-corrected chi connectivity index (χ3v) is 9.22. The Morgan fingerprint density at radius 3 is 2.53 bits per heavy atom. The second kappa shape index (κ2) is 11.0. The van der Waals surface area contributed by atoms with Crippen LogP contribution in [0.3, 0.4) is 0 Å². The van der Waals surface area contributed by atoms with Gasteiger partial charge < -0.3 is 26.2 Å². The van der Waals surface area contributed by atoms with Gasteiger partial charge in [0.25, 0.3) is 0 Å². The number of esters is 1. The maximum absolute atomic E-state index is 13.8. The minimum Gasteiger partial charge on any atom is -1.00 e. The Balaban J connectivity index is 0.00000274. The van der Waals surface area contributed by atoms with Crippen LogP contribution in [0.5, 0.6) is 0 Å². The van der Waals surface area contributed by atoms with Crippen molar-refractivity contribution in [2.75, 3.05) is 26.2 Å². The number of thiophene rings is 1. The van der Waals surface area contributed by atoms with Crippen molar-refractivity contribution in [3.8, 4) is 0 Å². The number of ketones is 1. The number of halogens is 1. The fourth-order valence-corrected chi connectivity index (χ4v) is 7.29. The number of aromatic nitrogens is 2. The van der Waals surface area contributed by atoms with Gasteiger partial charge in [-0.15, -0.1) is 11.3 Å². The number of quaternary nitrogens is 1. The fraction of sp³-hybridized carbons (Fsp3) is 0.615. The van der Waals surface area contributed by atoms with Crippen LogP contribution in [0.4, 0.5) is 0 Å². The molecule has 4 aliphatic rings. The van der Waals surface area contributed by atoms with Gasteiger partial charge in [0, 0.05) is 42.2 Å². The Morgan fingerprint density at radius 1 is 1.12 bits per heavy atom. The van der Waals surface area contributed by atoms with E-state index in [1.807, 2.05) is 0 Å². The van der Waals surface area contributed by atoms with Crippen molar-refractivity contribution in [2.45, 2.75) is 69.3 Å². The summed E-state index contributed by atoms with van der Waals surface area (Å²) in [5, 5.41) is 2.08. The van der Waals surface area contributed by atoms with Crippen molar-refractivity contribution >= 4 is 23.1 Å². The van der Waals surface area contributed by atoms with E-state index in [1.54, 1.807) is 29.9 Å². The van der Waals surface area contributed by atoms with Crippen LogP contribution in [-0.4, -0.2) is 58.5 Å². The van der Waals surface area contributed by atoms with Crippen LogP contribution in [0, 0.1) is 5.92 Å². The third-order valence-electron chi connectivity index (χ3n) is 8.15. The molecule has 0 amide bonds. The van der Waals surface area contributed by atoms with E-state index in [2.05, 4.69) is 27.5 Å². The molecule has 0 radical (unpaired) electrons. The molecule has 5 heterocycles. The molecule has 0 aromatic carbocycles. The molecule has 8 heteroatoms. The fourth-order valence-electron chi connectivity index (χ4n) is 6.31. The van der Waals surface area contributed by atoms with Gasteiger partial charge in [-0.25, -0.2) is 0 Å². The van der Waals surface area contributed by atoms with E-state index in [9.17, 15) is 9.59 Å². The number of piperidine rings is 3. The lowest BCUT2D eigenvalue weighted by Gasteiger charge is -2.52. The molecule has 2 bridgehead atoms. The molecule has 2 aromatic heterocycles. The Labute approximate surface area is 216 Å². The average Bonchev–Trinajstić information content (AvgIpc) is 3.25. The molecule has 6 rings (SSSR count). The van der Waals surface area contributed by atoms with Gasteiger partial charge in [0.15, 0.2) is 11.9 Å². The van der Waals surface area contributed by atoms with Crippen LogP contribution >= 0.6 is 11.3 Å². The third kappa shape index (κ3) is 5.29. The Morgan fingerprint density at radius 2 is 1.88 bits per heavy atom. The highest BCUT2D eigenvalue weighted by Gasteiger charge is 2.51. The summed E-state index contributed by atoms with van der Waals surface area (Å²) >= 11 is 1.69. The average molecular weight is 549 g/mol. The number of rotatable bonds is 7. The number of fused-ring (bicyclic) bond motifs is 3. The number of hydrogen-bond donors (Lipinski definition) is 0. The maximum atomic E-state index is 13.8. The van der Waals surface area contributed by atoms with Crippen LogP contribution in [0.2, 0.25) is 0 Å². The Hall–Kier alpha value is -1.64. The van der Waals surface area contributed by atoms with Crippen molar-refractivity contribution in [2.24, 2.45) is 5.92 Å². The summed E-state index contributed by atoms with van der Waals surface area (Å²) in [6, 6.07) is 4.17. The number of hydrogen-bond acceptors (Lipinski definition) is 6. The van der Waals surface area contributed by atoms with Gasteiger partial charge in [-0.1, -0.05) is 31.7 Å². The molecule has 3 saturated heterocycles. The highest BCUT2D eigenvalue weighted by molar-refractivity contribution is 7.10. The molecule has 3 aliphatic heterocycles. The van der Waals surface area contributed by atoms with Gasteiger partial charge >= 0.3 is 5.97 Å². The smallest absolute Gasteiger partial charge is 0.317 e. The highest BCUT2D eigenvalue weighted by Crippen LogP contribution is 2.43. The van der Waals surface area contributed by atoms with Gasteiger partial charge in [0.2, 0.25) is 0 Å². The molecule has 1 aliphatic carbocycles. The van der Waals surface area contributed by atoms with E-state index >= 15 is 0 Å². The van der Waals surface area contributed by atoms with E-state index in [-0.39, 0.29) is 34.8 Å². The molecular formula is C26H34BrN3O3S. The molecule has 1 saturated carbocycles. The van der Waals surface area contributed by atoms with Crippen LogP contribution in [0.15, 0.2) is 36.1 Å². The zero-order valence-electron chi connectivity index (χ0n) is 19.7. The Bertz CT molecular complexity index is 953.